The maximum Gasteiger partial charge on any atom is 0.272 e. The zero-order valence-corrected chi connectivity index (χ0v) is 13.5. The van der Waals surface area contributed by atoms with Crippen LogP contribution in [0.5, 0.6) is 0 Å². The molecule has 23 heavy (non-hydrogen) atoms. The van der Waals surface area contributed by atoms with Gasteiger partial charge in [0.2, 0.25) is 0 Å². The van der Waals surface area contributed by atoms with Crippen molar-refractivity contribution in [1.29, 1.82) is 0 Å². The Bertz CT molecular complexity index is 853. The van der Waals surface area contributed by atoms with Crippen LogP contribution in [0.25, 0.3) is 10.9 Å². The first kappa shape index (κ1) is 15.9. The molecular weight excluding hydrogens is 319 g/mol. The smallest absolute Gasteiger partial charge is 0.272 e. The fourth-order valence-electron chi connectivity index (χ4n) is 2.84. The fraction of sp³-hybridized carbons (Fsp3) is 0.375. The summed E-state index contributed by atoms with van der Waals surface area (Å²) in [5.41, 5.74) is 0.330. The van der Waals surface area contributed by atoms with Crippen molar-refractivity contribution in [2.24, 2.45) is 0 Å². The second kappa shape index (κ2) is 5.88. The van der Waals surface area contributed by atoms with Crippen molar-refractivity contribution < 1.29 is 17.6 Å². The second-order valence-electron chi connectivity index (χ2n) is 5.81. The molecule has 5 nitrogen and oxygen atoms in total. The summed E-state index contributed by atoms with van der Waals surface area (Å²) in [5.74, 6) is -0.604. The van der Waals surface area contributed by atoms with Crippen LogP contribution in [0, 0.1) is 5.82 Å². The molecule has 1 saturated heterocycles. The first-order chi connectivity index (χ1) is 10.9. The lowest BCUT2D eigenvalue weighted by Gasteiger charge is -2.30. The molecule has 1 aliphatic heterocycles. The first-order valence-corrected chi connectivity index (χ1v) is 9.22. The van der Waals surface area contributed by atoms with Gasteiger partial charge >= 0.3 is 0 Å². The number of nitrogens with zero attached hydrogens (tertiary/aromatic N) is 2. The van der Waals surface area contributed by atoms with Crippen LogP contribution in [0.4, 0.5) is 4.39 Å². The average Bonchev–Trinajstić information content (AvgIpc) is 2.54. The van der Waals surface area contributed by atoms with E-state index in [1.807, 2.05) is 0 Å². The molecule has 0 N–H and O–H groups in total. The third-order valence-electron chi connectivity index (χ3n) is 4.28. The molecule has 1 amide bonds. The van der Waals surface area contributed by atoms with Gasteiger partial charge in [0.25, 0.3) is 5.91 Å². The van der Waals surface area contributed by atoms with Crippen molar-refractivity contribution in [3.05, 3.63) is 41.8 Å². The van der Waals surface area contributed by atoms with Crippen molar-refractivity contribution in [2.75, 3.05) is 18.6 Å². The monoisotopic (exact) mass is 336 g/mol. The number of hydrogen-bond acceptors (Lipinski definition) is 4. The number of amides is 1. The van der Waals surface area contributed by atoms with Gasteiger partial charge in [-0.2, -0.15) is 0 Å². The molecule has 1 aromatic heterocycles. The first-order valence-electron chi connectivity index (χ1n) is 7.40. The molecule has 1 aromatic carbocycles. The number of aromatic nitrogens is 1. The Kier molecular flexibility index (Phi) is 4.06. The minimum atomic E-state index is -2.98. The summed E-state index contributed by atoms with van der Waals surface area (Å²) in [5, 5.41) is 0.632. The number of fused-ring (bicyclic) bond motifs is 1. The highest BCUT2D eigenvalue weighted by molar-refractivity contribution is 7.91. The maximum atomic E-state index is 13.8. The predicted octanol–water partition coefficient (Wildman–Crippen LogP) is 2.02. The van der Waals surface area contributed by atoms with Gasteiger partial charge in [-0.05, 0) is 25.0 Å². The van der Waals surface area contributed by atoms with E-state index in [-0.39, 0.29) is 34.7 Å². The van der Waals surface area contributed by atoms with Gasteiger partial charge in [-0.15, -0.1) is 0 Å². The summed E-state index contributed by atoms with van der Waals surface area (Å²) in [6.45, 7) is 0. The van der Waals surface area contributed by atoms with Gasteiger partial charge in [-0.3, -0.25) is 4.79 Å². The van der Waals surface area contributed by atoms with Crippen molar-refractivity contribution in [3.8, 4) is 0 Å². The largest absolute Gasteiger partial charge is 0.337 e. The second-order valence-corrected chi connectivity index (χ2v) is 8.11. The molecule has 0 saturated carbocycles. The average molecular weight is 336 g/mol. The van der Waals surface area contributed by atoms with Crippen LogP contribution in [0.3, 0.4) is 0 Å². The minimum absolute atomic E-state index is 0.0923. The molecule has 0 bridgehead atoms. The van der Waals surface area contributed by atoms with Crippen LogP contribution in [0.2, 0.25) is 0 Å². The molecule has 1 fully saturated rings. The van der Waals surface area contributed by atoms with Gasteiger partial charge in [0.1, 0.15) is 26.9 Å². The standard InChI is InChI=1S/C16H17FN2O3S/c1-19(12-7-9-23(21,22)10-8-12)16(20)14-6-5-11-3-2-4-13(17)15(11)18-14/h2-6,12H,7-10H2,1H3. The van der Waals surface area contributed by atoms with E-state index in [2.05, 4.69) is 4.98 Å². The number of para-hydroxylation sites is 1. The third kappa shape index (κ3) is 3.19. The van der Waals surface area contributed by atoms with Crippen LogP contribution in [-0.4, -0.2) is 48.8 Å². The topological polar surface area (TPSA) is 67.3 Å². The van der Waals surface area contributed by atoms with E-state index in [1.165, 1.54) is 11.0 Å². The molecule has 0 unspecified atom stereocenters. The summed E-state index contributed by atoms with van der Waals surface area (Å²) < 4.78 is 36.8. The maximum absolute atomic E-state index is 13.8. The molecule has 0 spiro atoms. The molecule has 0 aliphatic carbocycles. The Morgan fingerprint density at radius 1 is 1.22 bits per heavy atom. The summed E-state index contributed by atoms with van der Waals surface area (Å²) >= 11 is 0. The summed E-state index contributed by atoms with van der Waals surface area (Å²) in [7, 11) is -1.34. The lowest BCUT2D eigenvalue weighted by atomic mass is 10.1. The predicted molar refractivity (Wildman–Crippen MR) is 85.5 cm³/mol. The van der Waals surface area contributed by atoms with Crippen LogP contribution in [-0.2, 0) is 9.84 Å². The van der Waals surface area contributed by atoms with E-state index in [0.29, 0.717) is 18.2 Å². The zero-order chi connectivity index (χ0) is 16.6. The van der Waals surface area contributed by atoms with Gasteiger partial charge in [-0.25, -0.2) is 17.8 Å². The number of pyridine rings is 1. The lowest BCUT2D eigenvalue weighted by molar-refractivity contribution is 0.0716. The SMILES string of the molecule is CN(C(=O)c1ccc2cccc(F)c2n1)C1CCS(=O)(=O)CC1. The van der Waals surface area contributed by atoms with Crippen LogP contribution < -0.4 is 0 Å². The van der Waals surface area contributed by atoms with Crippen molar-refractivity contribution >= 4 is 26.6 Å². The molecule has 1 aliphatic rings. The highest BCUT2D eigenvalue weighted by Crippen LogP contribution is 2.20. The van der Waals surface area contributed by atoms with E-state index < -0.39 is 15.7 Å². The fourth-order valence-corrected chi connectivity index (χ4v) is 4.31. The van der Waals surface area contributed by atoms with Crippen molar-refractivity contribution in [1.82, 2.24) is 9.88 Å². The number of carbonyl (C=O) groups is 1. The molecule has 2 aromatic rings. The quantitative estimate of drug-likeness (QED) is 0.841. The van der Waals surface area contributed by atoms with Crippen molar-refractivity contribution in [3.63, 3.8) is 0 Å². The van der Waals surface area contributed by atoms with Crippen LogP contribution >= 0.6 is 0 Å². The number of carbonyl (C=O) groups excluding carboxylic acids is 1. The minimum Gasteiger partial charge on any atom is -0.337 e. The van der Waals surface area contributed by atoms with E-state index in [9.17, 15) is 17.6 Å². The highest BCUT2D eigenvalue weighted by atomic mass is 32.2. The number of rotatable bonds is 2. The van der Waals surface area contributed by atoms with Gasteiger partial charge in [0.15, 0.2) is 0 Å². The molecule has 7 heteroatoms. The molecule has 0 atom stereocenters. The van der Waals surface area contributed by atoms with E-state index >= 15 is 0 Å². The van der Waals surface area contributed by atoms with E-state index in [4.69, 9.17) is 0 Å². The number of benzene rings is 1. The van der Waals surface area contributed by atoms with E-state index in [1.54, 1.807) is 31.3 Å². The highest BCUT2D eigenvalue weighted by Gasteiger charge is 2.29. The summed E-state index contributed by atoms with van der Waals surface area (Å²) in [6.07, 6.45) is 0.846. The Morgan fingerprint density at radius 2 is 1.91 bits per heavy atom. The summed E-state index contributed by atoms with van der Waals surface area (Å²) in [6, 6.07) is 7.73. The number of sulfone groups is 1. The van der Waals surface area contributed by atoms with Crippen LogP contribution in [0.15, 0.2) is 30.3 Å². The third-order valence-corrected chi connectivity index (χ3v) is 6.00. The Hall–Kier alpha value is -2.02. The van der Waals surface area contributed by atoms with Gasteiger partial charge in [0, 0.05) is 18.5 Å². The van der Waals surface area contributed by atoms with Crippen molar-refractivity contribution in [2.45, 2.75) is 18.9 Å². The Balaban J connectivity index is 1.84. The van der Waals surface area contributed by atoms with Gasteiger partial charge in [0.05, 0.1) is 11.5 Å². The van der Waals surface area contributed by atoms with Gasteiger partial charge in [-0.1, -0.05) is 18.2 Å². The number of hydrogen-bond donors (Lipinski definition) is 0. The van der Waals surface area contributed by atoms with E-state index in [0.717, 1.165) is 0 Å². The Morgan fingerprint density at radius 3 is 2.61 bits per heavy atom. The number of halogens is 1. The molecule has 0 radical (unpaired) electrons. The lowest BCUT2D eigenvalue weighted by Crippen LogP contribution is -2.42. The molecule has 3 rings (SSSR count). The molecule has 2 heterocycles. The summed E-state index contributed by atoms with van der Waals surface area (Å²) in [4.78, 5) is 18.2. The van der Waals surface area contributed by atoms with Crippen LogP contribution in [0.1, 0.15) is 23.3 Å². The van der Waals surface area contributed by atoms with Gasteiger partial charge < -0.3 is 4.90 Å². The Labute approximate surface area is 134 Å². The molecule has 122 valence electrons. The zero-order valence-electron chi connectivity index (χ0n) is 12.7. The normalized spacial score (nSPS) is 18.0. The molecular formula is C16H17FN2O3S.